The lowest BCUT2D eigenvalue weighted by atomic mass is 10.1. The first-order chi connectivity index (χ1) is 24.6. The lowest BCUT2D eigenvalue weighted by molar-refractivity contribution is -0.889. The Morgan fingerprint density at radius 3 is 1.49 bits per heavy atom. The first-order valence-electron chi connectivity index (χ1n) is 20.9. The lowest BCUT2D eigenvalue weighted by Crippen LogP contribution is -2.55. The number of rotatable bonds is 37. The Bertz CT molecular complexity index is 895. The molecule has 0 aromatic rings. The zero-order chi connectivity index (χ0) is 37.8. The number of likely N-dealkylation sites (N-methyl/N-ethyl adjacent to an activating group) is 1. The summed E-state index contributed by atoms with van der Waals surface area (Å²) < 4.78 is 17.1. The van der Waals surface area contributed by atoms with Gasteiger partial charge in [-0.25, -0.2) is 0 Å². The van der Waals surface area contributed by atoms with E-state index >= 15 is 0 Å². The molecule has 0 aromatic heterocycles. The molecule has 0 radical (unpaired) electrons. The van der Waals surface area contributed by atoms with Gasteiger partial charge in [-0.15, -0.1) is 0 Å². The van der Waals surface area contributed by atoms with Crippen LogP contribution in [0, 0.1) is 0 Å². The zero-order valence-electron chi connectivity index (χ0n) is 33.8. The number of carboxylic acids is 1. The average molecular weight is 722 g/mol. The molecule has 8 nitrogen and oxygen atoms in total. The van der Waals surface area contributed by atoms with Crippen molar-refractivity contribution in [1.82, 2.24) is 0 Å². The number of hydrogen-bond acceptors (Lipinski definition) is 7. The lowest BCUT2D eigenvalue weighted by Gasteiger charge is -2.34. The van der Waals surface area contributed by atoms with Crippen LogP contribution >= 0.6 is 0 Å². The highest BCUT2D eigenvalue weighted by Gasteiger charge is 2.25. The second-order valence-electron chi connectivity index (χ2n) is 15.3. The third kappa shape index (κ3) is 33.4. The molecule has 0 heterocycles. The summed E-state index contributed by atoms with van der Waals surface area (Å²) in [6, 6.07) is -0.726. The van der Waals surface area contributed by atoms with Gasteiger partial charge in [0.1, 0.15) is 12.6 Å². The molecular formula is C43H79NO7. The molecule has 0 saturated carbocycles. The highest BCUT2D eigenvalue weighted by molar-refractivity contribution is 5.70. The van der Waals surface area contributed by atoms with Crippen LogP contribution in [0.4, 0.5) is 0 Å². The van der Waals surface area contributed by atoms with Crippen LogP contribution in [0.15, 0.2) is 24.3 Å². The number of carboxylic acid groups (broad SMARTS) is 1. The molecular weight excluding hydrogens is 642 g/mol. The fraction of sp³-hybridized carbons (Fsp3) is 0.837. The SMILES string of the molecule is CCCCCCCCC/C=C/C=C/CCCCCC(=O)OC(COCCC(C(=O)[O-])[N+](C)(C)C)COC(=O)CCCCCCCCCCCCC. The van der Waals surface area contributed by atoms with Crippen molar-refractivity contribution in [2.24, 2.45) is 0 Å². The van der Waals surface area contributed by atoms with Crippen LogP contribution in [0.25, 0.3) is 0 Å². The van der Waals surface area contributed by atoms with Crippen molar-refractivity contribution < 1.29 is 38.2 Å². The number of hydrogen-bond donors (Lipinski definition) is 0. The molecule has 0 bridgehead atoms. The van der Waals surface area contributed by atoms with Gasteiger partial charge < -0.3 is 28.6 Å². The Kier molecular flexibility index (Phi) is 33.4. The maximum absolute atomic E-state index is 12.7. The van der Waals surface area contributed by atoms with Crippen molar-refractivity contribution in [3.8, 4) is 0 Å². The number of nitrogens with zero attached hydrogens (tertiary/aromatic N) is 1. The Morgan fingerprint density at radius 2 is 1.02 bits per heavy atom. The second kappa shape index (κ2) is 34.9. The topological polar surface area (TPSA) is 102 Å². The van der Waals surface area contributed by atoms with Gasteiger partial charge in [0.15, 0.2) is 6.10 Å². The van der Waals surface area contributed by atoms with E-state index in [1.807, 2.05) is 0 Å². The van der Waals surface area contributed by atoms with E-state index in [4.69, 9.17) is 14.2 Å². The molecule has 0 aliphatic rings. The first kappa shape index (κ1) is 48.8. The summed E-state index contributed by atoms with van der Waals surface area (Å²) in [5.41, 5.74) is 0. The van der Waals surface area contributed by atoms with Crippen LogP contribution in [-0.4, -0.2) is 75.5 Å². The molecule has 2 unspecified atom stereocenters. The number of ether oxygens (including phenoxy) is 3. The van der Waals surface area contributed by atoms with E-state index in [2.05, 4.69) is 38.2 Å². The Balaban J connectivity index is 4.42. The summed E-state index contributed by atoms with van der Waals surface area (Å²) in [5, 5.41) is 11.6. The van der Waals surface area contributed by atoms with Crippen molar-refractivity contribution >= 4 is 17.9 Å². The number of carbonyl (C=O) groups is 3. The van der Waals surface area contributed by atoms with Gasteiger partial charge in [-0.05, 0) is 38.5 Å². The fourth-order valence-electron chi connectivity index (χ4n) is 6.06. The number of allylic oxidation sites excluding steroid dienone is 4. The largest absolute Gasteiger partial charge is 0.544 e. The molecule has 0 aliphatic carbocycles. The highest BCUT2D eigenvalue weighted by atomic mass is 16.6. The summed E-state index contributed by atoms with van der Waals surface area (Å²) >= 11 is 0. The Labute approximate surface area is 313 Å². The third-order valence-corrected chi connectivity index (χ3v) is 9.37. The van der Waals surface area contributed by atoms with E-state index in [1.165, 1.54) is 96.3 Å². The van der Waals surface area contributed by atoms with E-state index in [-0.39, 0.29) is 42.7 Å². The van der Waals surface area contributed by atoms with Crippen LogP contribution in [-0.2, 0) is 28.6 Å². The summed E-state index contributed by atoms with van der Waals surface area (Å²) in [6.07, 6.45) is 36.3. The highest BCUT2D eigenvalue weighted by Crippen LogP contribution is 2.14. The van der Waals surface area contributed by atoms with Gasteiger partial charge in [0.05, 0.1) is 40.3 Å². The van der Waals surface area contributed by atoms with Gasteiger partial charge in [0.2, 0.25) is 0 Å². The smallest absolute Gasteiger partial charge is 0.306 e. The van der Waals surface area contributed by atoms with Gasteiger partial charge >= 0.3 is 11.9 Å². The summed E-state index contributed by atoms with van der Waals surface area (Å²) in [7, 11) is 5.39. The predicted octanol–water partition coefficient (Wildman–Crippen LogP) is 9.58. The van der Waals surface area contributed by atoms with E-state index in [1.54, 1.807) is 21.1 Å². The maximum Gasteiger partial charge on any atom is 0.306 e. The zero-order valence-corrected chi connectivity index (χ0v) is 33.8. The molecule has 51 heavy (non-hydrogen) atoms. The van der Waals surface area contributed by atoms with E-state index < -0.39 is 18.1 Å². The number of carbonyl (C=O) groups excluding carboxylic acids is 3. The van der Waals surface area contributed by atoms with Gasteiger partial charge in [0, 0.05) is 19.3 Å². The summed E-state index contributed by atoms with van der Waals surface area (Å²) in [5.74, 6) is -1.77. The minimum Gasteiger partial charge on any atom is -0.544 e. The van der Waals surface area contributed by atoms with Crippen LogP contribution in [0.1, 0.15) is 181 Å². The number of unbranched alkanes of at least 4 members (excludes halogenated alkanes) is 20. The average Bonchev–Trinajstić information content (AvgIpc) is 3.08. The van der Waals surface area contributed by atoms with Crippen molar-refractivity contribution in [1.29, 1.82) is 0 Å². The molecule has 0 spiro atoms. The van der Waals surface area contributed by atoms with Crippen LogP contribution < -0.4 is 5.11 Å². The molecule has 0 amide bonds. The van der Waals surface area contributed by atoms with Crippen molar-refractivity contribution in [3.63, 3.8) is 0 Å². The van der Waals surface area contributed by atoms with E-state index in [9.17, 15) is 19.5 Å². The number of quaternary nitrogens is 1. The van der Waals surface area contributed by atoms with Gasteiger partial charge in [-0.1, -0.05) is 147 Å². The molecule has 8 heteroatoms. The first-order valence-corrected chi connectivity index (χ1v) is 20.9. The minimum absolute atomic E-state index is 0.0334. The maximum atomic E-state index is 12.7. The fourth-order valence-corrected chi connectivity index (χ4v) is 6.06. The molecule has 0 N–H and O–H groups in total. The van der Waals surface area contributed by atoms with Crippen LogP contribution in [0.2, 0.25) is 0 Å². The van der Waals surface area contributed by atoms with Crippen molar-refractivity contribution in [3.05, 3.63) is 24.3 Å². The quantitative estimate of drug-likeness (QED) is 0.0273. The van der Waals surface area contributed by atoms with Crippen molar-refractivity contribution in [2.75, 3.05) is 41.0 Å². The van der Waals surface area contributed by atoms with Gasteiger partial charge in [-0.3, -0.25) is 9.59 Å². The Morgan fingerprint density at radius 1 is 0.588 bits per heavy atom. The predicted molar refractivity (Wildman–Crippen MR) is 208 cm³/mol. The molecule has 2 atom stereocenters. The monoisotopic (exact) mass is 722 g/mol. The summed E-state index contributed by atoms with van der Waals surface area (Å²) in [6.45, 7) is 4.62. The van der Waals surface area contributed by atoms with Crippen LogP contribution in [0.5, 0.6) is 0 Å². The standard InChI is InChI=1S/C43H79NO7/c1-6-8-10-12-14-16-18-19-20-21-22-24-26-28-30-32-34-42(46)51-39(37-49-36-35-40(43(47)48)44(3,4)5)38-50-41(45)33-31-29-27-25-23-17-15-13-11-9-7-2/h20-22,24,39-40H,6-19,23,25-38H2,1-5H3/b21-20+,24-22+. The molecule has 0 aromatic carbocycles. The summed E-state index contributed by atoms with van der Waals surface area (Å²) in [4.78, 5) is 36.7. The normalized spacial score (nSPS) is 13.2. The Hall–Kier alpha value is -2.19. The number of aliphatic carboxylic acids is 1. The van der Waals surface area contributed by atoms with E-state index in [0.717, 1.165) is 51.4 Å². The van der Waals surface area contributed by atoms with Gasteiger partial charge in [0.25, 0.3) is 0 Å². The third-order valence-electron chi connectivity index (χ3n) is 9.37. The molecule has 0 saturated heterocycles. The molecule has 0 aliphatic heterocycles. The van der Waals surface area contributed by atoms with Crippen LogP contribution in [0.3, 0.4) is 0 Å². The van der Waals surface area contributed by atoms with Gasteiger partial charge in [-0.2, -0.15) is 0 Å². The minimum atomic E-state index is -1.13. The van der Waals surface area contributed by atoms with E-state index in [0.29, 0.717) is 12.8 Å². The number of esters is 2. The molecule has 0 fully saturated rings. The second-order valence-corrected chi connectivity index (χ2v) is 15.3. The molecule has 0 rings (SSSR count). The van der Waals surface area contributed by atoms with Crippen molar-refractivity contribution in [2.45, 2.75) is 193 Å². The molecule has 298 valence electrons.